The molecule has 1 aliphatic heterocycles. The smallest absolute Gasteiger partial charge is 0.290 e. The molecule has 0 spiro atoms. The fourth-order valence-electron chi connectivity index (χ4n) is 3.43. The quantitative estimate of drug-likeness (QED) is 0.635. The molecule has 1 aromatic carbocycles. The summed E-state index contributed by atoms with van der Waals surface area (Å²) in [5.74, 6) is -1.16. The lowest BCUT2D eigenvalue weighted by atomic mass is 9.99. The molecule has 0 saturated heterocycles. The Morgan fingerprint density at radius 3 is 2.68 bits per heavy atom. The van der Waals surface area contributed by atoms with E-state index in [2.05, 4.69) is 0 Å². The third-order valence-electron chi connectivity index (χ3n) is 4.86. The van der Waals surface area contributed by atoms with Crippen molar-refractivity contribution in [3.05, 3.63) is 71.6 Å². The molecular formula is C21H21N2O5+. The highest BCUT2D eigenvalue weighted by Gasteiger charge is 2.46. The summed E-state index contributed by atoms with van der Waals surface area (Å²) in [4.78, 5) is 28.6. The molecule has 2 aromatic heterocycles. The van der Waals surface area contributed by atoms with Gasteiger partial charge in [0.2, 0.25) is 5.78 Å². The van der Waals surface area contributed by atoms with E-state index in [1.165, 1.54) is 11.2 Å². The average molecular weight is 381 g/mol. The molecule has 2 N–H and O–H groups in total. The molecule has 28 heavy (non-hydrogen) atoms. The minimum atomic E-state index is -0.789. The van der Waals surface area contributed by atoms with Gasteiger partial charge in [0.05, 0.1) is 39.0 Å². The number of furan rings is 2. The van der Waals surface area contributed by atoms with E-state index in [4.69, 9.17) is 8.83 Å². The summed E-state index contributed by atoms with van der Waals surface area (Å²) in [6.45, 7) is 1.02. The second kappa shape index (κ2) is 7.01. The molecule has 0 radical (unpaired) electrons. The van der Waals surface area contributed by atoms with Gasteiger partial charge in [-0.25, -0.2) is 0 Å². The highest BCUT2D eigenvalue weighted by Crippen LogP contribution is 2.39. The van der Waals surface area contributed by atoms with Crippen LogP contribution in [0.2, 0.25) is 0 Å². The number of fused-ring (bicyclic) bond motifs is 1. The molecule has 144 valence electrons. The maximum absolute atomic E-state index is 13.2. The lowest BCUT2D eigenvalue weighted by Crippen LogP contribution is -3.06. The number of quaternary nitrogens is 1. The Bertz CT molecular complexity index is 1030. The number of aliphatic hydroxyl groups is 1. The van der Waals surface area contributed by atoms with Gasteiger partial charge in [-0.1, -0.05) is 18.2 Å². The number of Topliss-reactive ketones (excluding diaryl/α,β-unsaturated/α-hetero) is 1. The molecule has 0 fully saturated rings. The number of nitrogens with zero attached hydrogens (tertiary/aromatic N) is 1. The fraction of sp³-hybridized carbons (Fsp3) is 0.238. The molecule has 1 atom stereocenters. The molecule has 1 aliphatic rings. The molecule has 0 bridgehead atoms. The third-order valence-corrected chi connectivity index (χ3v) is 4.86. The van der Waals surface area contributed by atoms with Crippen molar-refractivity contribution in [1.29, 1.82) is 0 Å². The van der Waals surface area contributed by atoms with Gasteiger partial charge in [-0.05, 0) is 24.3 Å². The van der Waals surface area contributed by atoms with Crippen LogP contribution in [-0.4, -0.2) is 48.9 Å². The molecule has 3 heterocycles. The van der Waals surface area contributed by atoms with Crippen molar-refractivity contribution in [3.63, 3.8) is 0 Å². The van der Waals surface area contributed by atoms with E-state index in [1.54, 1.807) is 24.3 Å². The van der Waals surface area contributed by atoms with Gasteiger partial charge in [0, 0.05) is 5.39 Å². The van der Waals surface area contributed by atoms with E-state index >= 15 is 0 Å². The van der Waals surface area contributed by atoms with Crippen molar-refractivity contribution in [2.24, 2.45) is 0 Å². The summed E-state index contributed by atoms with van der Waals surface area (Å²) in [6.07, 6.45) is 1.48. The number of para-hydroxylation sites is 1. The Morgan fingerprint density at radius 2 is 2.00 bits per heavy atom. The van der Waals surface area contributed by atoms with Crippen LogP contribution in [0.1, 0.15) is 22.4 Å². The molecule has 3 aromatic rings. The van der Waals surface area contributed by atoms with Crippen LogP contribution in [-0.2, 0) is 4.79 Å². The Hall–Kier alpha value is -3.32. The van der Waals surface area contributed by atoms with Gasteiger partial charge in [0.25, 0.3) is 5.91 Å². The Labute approximate surface area is 161 Å². The van der Waals surface area contributed by atoms with Crippen LogP contribution < -0.4 is 4.90 Å². The minimum Gasteiger partial charge on any atom is -0.503 e. The van der Waals surface area contributed by atoms with Gasteiger partial charge in [-0.2, -0.15) is 0 Å². The van der Waals surface area contributed by atoms with Gasteiger partial charge in [0.15, 0.2) is 11.5 Å². The molecule has 4 rings (SSSR count). The summed E-state index contributed by atoms with van der Waals surface area (Å²) < 4.78 is 11.2. The number of benzene rings is 1. The van der Waals surface area contributed by atoms with Gasteiger partial charge < -0.3 is 23.7 Å². The van der Waals surface area contributed by atoms with Gasteiger partial charge in [0.1, 0.15) is 17.4 Å². The first kappa shape index (κ1) is 18.1. The minimum absolute atomic E-state index is 0.0206. The Balaban J connectivity index is 1.76. The number of ketones is 1. The lowest BCUT2D eigenvalue weighted by molar-refractivity contribution is -0.857. The first-order valence-corrected chi connectivity index (χ1v) is 9.07. The number of likely N-dealkylation sites (N-methyl/N-ethyl adjacent to an activating group) is 1. The zero-order chi connectivity index (χ0) is 19.8. The number of carbonyl (C=O) groups is 2. The van der Waals surface area contributed by atoms with E-state index in [1.807, 2.05) is 32.3 Å². The van der Waals surface area contributed by atoms with E-state index < -0.39 is 23.5 Å². The number of aliphatic hydroxyl groups excluding tert-OH is 1. The molecule has 0 unspecified atom stereocenters. The van der Waals surface area contributed by atoms with Gasteiger partial charge in [-0.15, -0.1) is 0 Å². The number of rotatable bonds is 6. The van der Waals surface area contributed by atoms with Crippen LogP contribution in [0.3, 0.4) is 0 Å². The highest BCUT2D eigenvalue weighted by molar-refractivity contribution is 6.15. The zero-order valence-corrected chi connectivity index (χ0v) is 15.6. The second-order valence-corrected chi connectivity index (χ2v) is 7.11. The van der Waals surface area contributed by atoms with Crippen molar-refractivity contribution in [1.82, 2.24) is 4.90 Å². The number of nitrogens with one attached hydrogen (secondary N) is 1. The number of hydrogen-bond donors (Lipinski definition) is 2. The first-order valence-electron chi connectivity index (χ1n) is 9.07. The lowest BCUT2D eigenvalue weighted by Gasteiger charge is -2.24. The van der Waals surface area contributed by atoms with Crippen LogP contribution in [0, 0.1) is 0 Å². The monoisotopic (exact) mass is 381 g/mol. The Kier molecular flexibility index (Phi) is 4.52. The van der Waals surface area contributed by atoms with E-state index in [9.17, 15) is 14.7 Å². The summed E-state index contributed by atoms with van der Waals surface area (Å²) in [7, 11) is 3.94. The number of amides is 1. The fourth-order valence-corrected chi connectivity index (χ4v) is 3.43. The van der Waals surface area contributed by atoms with E-state index in [0.717, 1.165) is 10.3 Å². The maximum atomic E-state index is 13.2. The van der Waals surface area contributed by atoms with Crippen LogP contribution in [0.25, 0.3) is 11.0 Å². The van der Waals surface area contributed by atoms with Gasteiger partial charge in [-0.3, -0.25) is 9.59 Å². The predicted molar refractivity (Wildman–Crippen MR) is 101 cm³/mol. The highest BCUT2D eigenvalue weighted by atomic mass is 16.3. The molecule has 7 nitrogen and oxygen atoms in total. The Morgan fingerprint density at radius 1 is 1.21 bits per heavy atom. The molecule has 0 saturated carbocycles. The zero-order valence-electron chi connectivity index (χ0n) is 15.6. The van der Waals surface area contributed by atoms with E-state index in [0.29, 0.717) is 24.4 Å². The van der Waals surface area contributed by atoms with Gasteiger partial charge >= 0.3 is 0 Å². The van der Waals surface area contributed by atoms with Crippen LogP contribution in [0.4, 0.5) is 0 Å². The molecule has 0 aliphatic carbocycles. The van der Waals surface area contributed by atoms with Crippen LogP contribution in [0.5, 0.6) is 0 Å². The number of carbonyl (C=O) groups excluding carboxylic acids is 2. The second-order valence-electron chi connectivity index (χ2n) is 7.11. The van der Waals surface area contributed by atoms with Crippen LogP contribution in [0.15, 0.2) is 68.9 Å². The van der Waals surface area contributed by atoms with Crippen molar-refractivity contribution < 1.29 is 28.4 Å². The number of hydrogen-bond acceptors (Lipinski definition) is 5. The molecule has 7 heteroatoms. The third kappa shape index (κ3) is 2.99. The van der Waals surface area contributed by atoms with E-state index in [-0.39, 0.29) is 11.3 Å². The SMILES string of the molecule is C[NH+](C)CCN1C(=O)C(O)=C(C(=O)c2cc3ccccc3o2)[C@@H]1c1ccco1. The summed E-state index contributed by atoms with van der Waals surface area (Å²) in [5.41, 5.74) is 0.547. The topological polar surface area (TPSA) is 88.3 Å². The van der Waals surface area contributed by atoms with Crippen LogP contribution >= 0.6 is 0 Å². The predicted octanol–water partition coefficient (Wildman–Crippen LogP) is 1.75. The summed E-state index contributed by atoms with van der Waals surface area (Å²) in [6, 6.07) is 11.5. The van der Waals surface area contributed by atoms with Crippen molar-refractivity contribution in [2.45, 2.75) is 6.04 Å². The standard InChI is InChI=1S/C21H20N2O5/c1-22(2)9-10-23-18(15-8-5-11-27-15)17(20(25)21(23)26)19(24)16-12-13-6-3-4-7-14(13)28-16/h3-8,11-12,18,25H,9-10H2,1-2H3/p+1/t18-/m0/s1. The molecular weight excluding hydrogens is 360 g/mol. The normalized spacial score (nSPS) is 17.3. The summed E-state index contributed by atoms with van der Waals surface area (Å²) >= 11 is 0. The summed E-state index contributed by atoms with van der Waals surface area (Å²) in [5, 5.41) is 11.3. The molecule has 1 amide bonds. The average Bonchev–Trinajstić information content (AvgIpc) is 3.39. The van der Waals surface area contributed by atoms with Crippen molar-refractivity contribution >= 4 is 22.7 Å². The largest absolute Gasteiger partial charge is 0.503 e. The van der Waals surface area contributed by atoms with Crippen molar-refractivity contribution in [2.75, 3.05) is 27.2 Å². The van der Waals surface area contributed by atoms with Crippen molar-refractivity contribution in [3.8, 4) is 0 Å². The maximum Gasteiger partial charge on any atom is 0.290 e. The first-order chi connectivity index (χ1) is 13.5.